The predicted octanol–water partition coefficient (Wildman–Crippen LogP) is 14.7. The van der Waals surface area contributed by atoms with Crippen molar-refractivity contribution >= 4 is 5.97 Å². The smallest absolute Gasteiger partial charge is 0.306 e. The maximum atomic E-state index is 12.9. The minimum absolute atomic E-state index is 0.138. The molecule has 0 aromatic heterocycles. The normalized spacial score (nSPS) is 18.2. The molecule has 1 saturated carbocycles. The summed E-state index contributed by atoms with van der Waals surface area (Å²) in [7, 11) is 0. The topological polar surface area (TPSA) is 65.0 Å². The number of allylic oxidation sites excluding steroid dienone is 10. The van der Waals surface area contributed by atoms with Gasteiger partial charge in [0.2, 0.25) is 0 Å². The summed E-state index contributed by atoms with van der Waals surface area (Å²) < 4.78 is 18.1. The van der Waals surface area contributed by atoms with Gasteiger partial charge in [-0.15, -0.1) is 0 Å². The Morgan fingerprint density at radius 2 is 1.07 bits per heavy atom. The first-order valence-electron chi connectivity index (χ1n) is 23.9. The van der Waals surface area contributed by atoms with E-state index in [1.807, 2.05) is 0 Å². The molecular weight excluding hydrogens is 693 g/mol. The number of carbonyl (C=O) groups is 1. The summed E-state index contributed by atoms with van der Waals surface area (Å²) in [5.74, 6) is 0.136. The number of rotatable bonds is 40. The zero-order chi connectivity index (χ0) is 40.4. The third kappa shape index (κ3) is 33.1. The molecule has 0 aliphatic heterocycles. The number of hydrogen-bond donors (Lipinski definition) is 1. The van der Waals surface area contributed by atoms with Crippen LogP contribution in [0.2, 0.25) is 0 Å². The van der Waals surface area contributed by atoms with E-state index in [0.717, 1.165) is 64.4 Å². The molecule has 324 valence electrons. The molecular formula is C51H90O5. The molecule has 1 rings (SSSR count). The summed E-state index contributed by atoms with van der Waals surface area (Å²) in [6, 6.07) is 0. The van der Waals surface area contributed by atoms with E-state index in [-0.39, 0.29) is 36.6 Å². The molecule has 5 nitrogen and oxygen atoms in total. The van der Waals surface area contributed by atoms with Crippen LogP contribution in [0.15, 0.2) is 60.8 Å². The molecule has 5 heteroatoms. The van der Waals surface area contributed by atoms with E-state index in [2.05, 4.69) is 81.5 Å². The Hall–Kier alpha value is -1.95. The quantitative estimate of drug-likeness (QED) is 0.0381. The largest absolute Gasteiger partial charge is 0.463 e. The number of aliphatic hydroxyl groups is 1. The van der Waals surface area contributed by atoms with Crippen molar-refractivity contribution in [3.63, 3.8) is 0 Å². The highest BCUT2D eigenvalue weighted by Gasteiger charge is 2.35. The number of aliphatic hydroxyl groups excluding tert-OH is 1. The predicted molar refractivity (Wildman–Crippen MR) is 241 cm³/mol. The molecule has 4 atom stereocenters. The molecule has 1 fully saturated rings. The van der Waals surface area contributed by atoms with Crippen LogP contribution in [-0.4, -0.2) is 49.7 Å². The second kappa shape index (κ2) is 41.2. The highest BCUT2D eigenvalue weighted by atomic mass is 16.6. The Morgan fingerprint density at radius 3 is 1.61 bits per heavy atom. The Morgan fingerprint density at radius 1 is 0.571 bits per heavy atom. The van der Waals surface area contributed by atoms with E-state index in [9.17, 15) is 9.90 Å². The summed E-state index contributed by atoms with van der Waals surface area (Å²) in [5, 5.41) is 10.5. The highest BCUT2D eigenvalue weighted by molar-refractivity contribution is 5.69. The van der Waals surface area contributed by atoms with Crippen molar-refractivity contribution in [3.8, 4) is 0 Å². The Kier molecular flexibility index (Phi) is 38.3. The van der Waals surface area contributed by atoms with Crippen LogP contribution >= 0.6 is 0 Å². The third-order valence-corrected chi connectivity index (χ3v) is 11.1. The zero-order valence-electron chi connectivity index (χ0n) is 37.0. The average molecular weight is 783 g/mol. The van der Waals surface area contributed by atoms with Crippen LogP contribution < -0.4 is 0 Å². The molecule has 0 spiro atoms. The molecule has 56 heavy (non-hydrogen) atoms. The zero-order valence-corrected chi connectivity index (χ0v) is 37.0. The Bertz CT molecular complexity index is 996. The Balaban J connectivity index is 2.28. The van der Waals surface area contributed by atoms with Crippen LogP contribution in [0.25, 0.3) is 0 Å². The second-order valence-corrected chi connectivity index (χ2v) is 16.3. The molecule has 0 bridgehead atoms. The van der Waals surface area contributed by atoms with E-state index >= 15 is 0 Å². The van der Waals surface area contributed by atoms with Crippen molar-refractivity contribution in [2.45, 2.75) is 219 Å². The lowest BCUT2D eigenvalue weighted by atomic mass is 9.89. The van der Waals surface area contributed by atoms with Gasteiger partial charge in [0.05, 0.1) is 12.7 Å². The van der Waals surface area contributed by atoms with Crippen LogP contribution in [-0.2, 0) is 19.0 Å². The molecule has 0 heterocycles. The van der Waals surface area contributed by atoms with Gasteiger partial charge in [-0.3, -0.25) is 4.79 Å². The lowest BCUT2D eigenvalue weighted by molar-refractivity contribution is -0.151. The van der Waals surface area contributed by atoms with E-state index in [0.29, 0.717) is 19.6 Å². The molecule has 0 aromatic carbocycles. The molecule has 1 aliphatic rings. The number of carbonyl (C=O) groups excluding carboxylic acids is 1. The Labute approximate surface area is 347 Å². The van der Waals surface area contributed by atoms with Gasteiger partial charge in [-0.05, 0) is 115 Å². The van der Waals surface area contributed by atoms with Crippen molar-refractivity contribution in [3.05, 3.63) is 60.8 Å². The summed E-state index contributed by atoms with van der Waals surface area (Å²) in [5.41, 5.74) is 0. The van der Waals surface area contributed by atoms with Gasteiger partial charge >= 0.3 is 5.97 Å². The van der Waals surface area contributed by atoms with Crippen molar-refractivity contribution < 1.29 is 24.1 Å². The van der Waals surface area contributed by atoms with Crippen LogP contribution in [0.3, 0.4) is 0 Å². The lowest BCUT2D eigenvalue weighted by Crippen LogP contribution is -2.29. The summed E-state index contributed by atoms with van der Waals surface area (Å²) >= 11 is 0. The highest BCUT2D eigenvalue weighted by Crippen LogP contribution is 2.37. The number of esters is 1. The average Bonchev–Trinajstić information content (AvgIpc) is 3.54. The summed E-state index contributed by atoms with van der Waals surface area (Å²) in [6.45, 7) is 8.72. The minimum Gasteiger partial charge on any atom is -0.463 e. The lowest BCUT2D eigenvalue weighted by Gasteiger charge is -2.21. The van der Waals surface area contributed by atoms with Crippen LogP contribution in [0.5, 0.6) is 0 Å². The number of ether oxygens (including phenoxy) is 3. The second-order valence-electron chi connectivity index (χ2n) is 16.3. The van der Waals surface area contributed by atoms with Crippen LogP contribution in [0.1, 0.15) is 207 Å². The van der Waals surface area contributed by atoms with E-state index in [1.165, 1.54) is 122 Å². The SMILES string of the molecule is CC/C=C\CC1C(O)CCC1CC(=O)OCC(COCCCCCCCC/C=C\C/C=C\CCCCC)OCCCCCCCC/C=C\C/C=C\CCCCC. The van der Waals surface area contributed by atoms with E-state index in [4.69, 9.17) is 14.2 Å². The maximum Gasteiger partial charge on any atom is 0.306 e. The summed E-state index contributed by atoms with van der Waals surface area (Å²) in [4.78, 5) is 12.9. The van der Waals surface area contributed by atoms with Gasteiger partial charge in [0.15, 0.2) is 0 Å². The van der Waals surface area contributed by atoms with Gasteiger partial charge in [0.1, 0.15) is 12.7 Å². The molecule has 0 aromatic rings. The summed E-state index contributed by atoms with van der Waals surface area (Å²) in [6.07, 6.45) is 55.6. The van der Waals surface area contributed by atoms with E-state index in [1.54, 1.807) is 0 Å². The fourth-order valence-electron chi connectivity index (χ4n) is 7.50. The number of hydrogen-bond acceptors (Lipinski definition) is 5. The first-order chi connectivity index (χ1) is 27.6. The van der Waals surface area contributed by atoms with Gasteiger partial charge in [-0.1, -0.05) is 159 Å². The van der Waals surface area contributed by atoms with Crippen molar-refractivity contribution in [1.82, 2.24) is 0 Å². The standard InChI is InChI=1S/C51H90O5/c1-4-7-10-12-14-16-18-20-22-24-26-28-30-32-34-37-42-54-45-48(46-56-51(53)44-47-40-41-50(52)49(47)39-36-9-6-3)55-43-38-35-33-31-29-27-25-23-21-19-17-15-13-11-8-5-2/h9,14-17,20-23,36,47-50,52H,4-8,10-13,18-19,24-35,37-46H2,1-3H3/b16-14-,17-15-,22-20-,23-21-,36-9-. The molecule has 0 amide bonds. The first-order valence-corrected chi connectivity index (χ1v) is 23.9. The van der Waals surface area contributed by atoms with Crippen molar-refractivity contribution in [2.24, 2.45) is 11.8 Å². The molecule has 0 saturated heterocycles. The monoisotopic (exact) mass is 783 g/mol. The van der Waals surface area contributed by atoms with Gasteiger partial charge in [0, 0.05) is 19.6 Å². The van der Waals surface area contributed by atoms with Crippen LogP contribution in [0.4, 0.5) is 0 Å². The maximum absolute atomic E-state index is 12.9. The van der Waals surface area contributed by atoms with Crippen molar-refractivity contribution in [2.75, 3.05) is 26.4 Å². The van der Waals surface area contributed by atoms with Crippen LogP contribution in [0, 0.1) is 11.8 Å². The fourth-order valence-corrected chi connectivity index (χ4v) is 7.50. The van der Waals surface area contributed by atoms with Gasteiger partial charge < -0.3 is 19.3 Å². The van der Waals surface area contributed by atoms with Gasteiger partial charge in [-0.2, -0.15) is 0 Å². The third-order valence-electron chi connectivity index (χ3n) is 11.1. The van der Waals surface area contributed by atoms with Crippen molar-refractivity contribution in [1.29, 1.82) is 0 Å². The van der Waals surface area contributed by atoms with Gasteiger partial charge in [0.25, 0.3) is 0 Å². The minimum atomic E-state index is -0.326. The van der Waals surface area contributed by atoms with E-state index < -0.39 is 0 Å². The number of unbranched alkanes of at least 4 members (excludes halogenated alkanes) is 18. The molecule has 0 radical (unpaired) electrons. The first kappa shape index (κ1) is 52.1. The molecule has 1 aliphatic carbocycles. The molecule has 1 N–H and O–H groups in total. The van der Waals surface area contributed by atoms with Gasteiger partial charge in [-0.25, -0.2) is 0 Å². The fraction of sp³-hybridized carbons (Fsp3) is 0.784. The molecule has 4 unspecified atom stereocenters.